The number of nitrogens with zero attached hydrogens (tertiary/aromatic N) is 4. The molecule has 310 valence electrons. The van der Waals surface area contributed by atoms with Crippen LogP contribution in [0.3, 0.4) is 0 Å². The monoisotopic (exact) mass is 944 g/mol. The van der Waals surface area contributed by atoms with E-state index in [1.807, 2.05) is 6.20 Å². The summed E-state index contributed by atoms with van der Waals surface area (Å²) in [5, 5.41) is 0. The Morgan fingerprint density at radius 3 is 1.86 bits per heavy atom. The van der Waals surface area contributed by atoms with E-state index in [2.05, 4.69) is 242 Å². The first-order valence-corrected chi connectivity index (χ1v) is 24.1. The van der Waals surface area contributed by atoms with Crippen molar-refractivity contribution in [3.63, 3.8) is 0 Å². The Bertz CT molecular complexity index is 3160. The molecule has 0 atom stereocenters. The van der Waals surface area contributed by atoms with Gasteiger partial charge in [-0.1, -0.05) is 103 Å². The molecule has 1 aromatic heterocycles. The number of benzene rings is 8. The van der Waals surface area contributed by atoms with Gasteiger partial charge in [-0.05, 0) is 28.3 Å². The van der Waals surface area contributed by atoms with Crippen molar-refractivity contribution in [3.8, 4) is 44.9 Å². The van der Waals surface area contributed by atoms with Gasteiger partial charge in [0, 0.05) is 11.1 Å². The van der Waals surface area contributed by atoms with Crippen LogP contribution in [0, 0.1) is 0 Å². The quantitative estimate of drug-likeness (QED) is 0.142. The second kappa shape index (κ2) is 16.5. The SMILES string of the molecule is CC(C)(C)c1ccnc(N2c3ccccc3[Te]c3ccc(Oc4cccc(N5CN(c6c(-c7ccccc7)cccc6-c6cccc(-c7ccccc7)c6)c6ccccc65)c4)cc32)c1. The summed E-state index contributed by atoms with van der Waals surface area (Å²) in [7, 11) is 0. The number of fused-ring (bicyclic) bond motifs is 3. The van der Waals surface area contributed by atoms with Gasteiger partial charge in [0.1, 0.15) is 0 Å². The molecular weight excluding hydrogens is 896 g/mol. The average Bonchev–Trinajstić information content (AvgIpc) is 3.73. The Labute approximate surface area is 386 Å². The molecule has 0 bridgehead atoms. The number of rotatable bonds is 8. The molecule has 0 fully saturated rings. The second-order valence-electron chi connectivity index (χ2n) is 17.3. The van der Waals surface area contributed by atoms with E-state index >= 15 is 0 Å². The number of anilines is 7. The summed E-state index contributed by atoms with van der Waals surface area (Å²) in [4.78, 5) is 12.2. The molecule has 6 heteroatoms. The standard InChI is InChI=1S/C58H46N4OTe/c1-58(2,3)44-33-34-59-56(36-44)62-52-29-12-13-30-54(52)64-55-32-31-47(38-53(55)62)63-46-24-15-23-45(37-46)60-39-61(51-28-11-10-27-50(51)60)57-48(41-19-8-5-9-20-41)25-16-26-49(57)43-22-14-21-42(35-43)40-17-6-4-7-18-40/h4-38H,39H2,1-3H3. The third-order valence-electron chi connectivity index (χ3n) is 12.1. The number of aromatic nitrogens is 1. The van der Waals surface area contributed by atoms with Gasteiger partial charge in [-0.15, -0.1) is 0 Å². The van der Waals surface area contributed by atoms with Crippen LogP contribution in [0.25, 0.3) is 33.4 Å². The third kappa shape index (κ3) is 7.49. The maximum atomic E-state index is 6.82. The number of para-hydroxylation sites is 4. The summed E-state index contributed by atoms with van der Waals surface area (Å²) in [5.41, 5.74) is 15.2. The molecule has 0 saturated heterocycles. The minimum atomic E-state index is -0.618. The normalized spacial score (nSPS) is 13.0. The maximum absolute atomic E-state index is 6.82. The van der Waals surface area contributed by atoms with Crippen molar-refractivity contribution in [1.29, 1.82) is 0 Å². The van der Waals surface area contributed by atoms with E-state index in [-0.39, 0.29) is 5.41 Å². The summed E-state index contributed by atoms with van der Waals surface area (Å²) in [6.07, 6.45) is 1.94. The zero-order valence-electron chi connectivity index (χ0n) is 36.0. The van der Waals surface area contributed by atoms with Crippen LogP contribution in [-0.2, 0) is 5.41 Å². The summed E-state index contributed by atoms with van der Waals surface area (Å²) < 4.78 is 9.59. The summed E-state index contributed by atoms with van der Waals surface area (Å²) in [5.74, 6) is 2.50. The molecule has 3 heterocycles. The van der Waals surface area contributed by atoms with Crippen LogP contribution in [-0.4, -0.2) is 32.6 Å². The zero-order valence-corrected chi connectivity index (χ0v) is 38.4. The number of pyridine rings is 1. The van der Waals surface area contributed by atoms with Crippen LogP contribution in [0.15, 0.2) is 212 Å². The van der Waals surface area contributed by atoms with Gasteiger partial charge in [0.25, 0.3) is 0 Å². The van der Waals surface area contributed by atoms with Crippen LogP contribution in [0.4, 0.5) is 39.9 Å². The molecule has 0 aliphatic carbocycles. The first-order valence-electron chi connectivity index (χ1n) is 21.8. The zero-order chi connectivity index (χ0) is 43.2. The molecule has 2 aliphatic heterocycles. The Balaban J connectivity index is 0.956. The van der Waals surface area contributed by atoms with Crippen molar-refractivity contribution in [3.05, 3.63) is 218 Å². The molecule has 0 amide bonds. The first-order chi connectivity index (χ1) is 31.4. The number of ether oxygens (including phenoxy) is 1. The molecule has 64 heavy (non-hydrogen) atoms. The fourth-order valence-electron chi connectivity index (χ4n) is 8.94. The van der Waals surface area contributed by atoms with Gasteiger partial charge in [-0.2, -0.15) is 0 Å². The van der Waals surface area contributed by atoms with Crippen LogP contribution in [0.2, 0.25) is 0 Å². The van der Waals surface area contributed by atoms with Crippen molar-refractivity contribution in [2.24, 2.45) is 0 Å². The Kier molecular flexibility index (Phi) is 10.3. The molecule has 0 N–H and O–H groups in total. The third-order valence-corrected chi connectivity index (χ3v) is 15.3. The molecule has 8 aromatic carbocycles. The molecule has 5 nitrogen and oxygen atoms in total. The Morgan fingerprint density at radius 2 is 1.08 bits per heavy atom. The molecule has 0 radical (unpaired) electrons. The number of hydrogen-bond acceptors (Lipinski definition) is 5. The number of hydrogen-bond donors (Lipinski definition) is 0. The van der Waals surface area contributed by atoms with Crippen molar-refractivity contribution < 1.29 is 4.74 Å². The summed E-state index contributed by atoms with van der Waals surface area (Å²) >= 11 is -0.618. The van der Waals surface area contributed by atoms with E-state index in [0.717, 1.165) is 40.1 Å². The Morgan fingerprint density at radius 1 is 0.469 bits per heavy atom. The molecule has 0 spiro atoms. The molecule has 0 unspecified atom stereocenters. The van der Waals surface area contributed by atoms with Crippen LogP contribution in [0.5, 0.6) is 11.5 Å². The van der Waals surface area contributed by atoms with E-state index in [1.54, 1.807) is 0 Å². The fraction of sp³-hybridized carbons (Fsp3) is 0.0862. The fourth-order valence-corrected chi connectivity index (χ4v) is 11.9. The van der Waals surface area contributed by atoms with Crippen LogP contribution >= 0.6 is 0 Å². The van der Waals surface area contributed by atoms with Gasteiger partial charge in [-0.3, -0.25) is 0 Å². The van der Waals surface area contributed by atoms with Gasteiger partial charge in [0.2, 0.25) is 0 Å². The molecular formula is C58H46N4OTe. The molecule has 2 aliphatic rings. The van der Waals surface area contributed by atoms with Gasteiger partial charge in [-0.25, -0.2) is 0 Å². The molecule has 0 saturated carbocycles. The van der Waals surface area contributed by atoms with Gasteiger partial charge < -0.3 is 0 Å². The van der Waals surface area contributed by atoms with Crippen molar-refractivity contribution >= 4 is 68.1 Å². The Hall–Kier alpha value is -7.10. The average molecular weight is 943 g/mol. The second-order valence-corrected chi connectivity index (χ2v) is 20.4. The summed E-state index contributed by atoms with van der Waals surface area (Å²) in [6, 6.07) is 74.1. The molecule has 11 rings (SSSR count). The van der Waals surface area contributed by atoms with Crippen molar-refractivity contribution in [1.82, 2.24) is 4.98 Å². The van der Waals surface area contributed by atoms with E-state index in [9.17, 15) is 0 Å². The predicted molar refractivity (Wildman–Crippen MR) is 267 cm³/mol. The molecule has 9 aromatic rings. The van der Waals surface area contributed by atoms with Crippen molar-refractivity contribution in [2.45, 2.75) is 26.2 Å². The van der Waals surface area contributed by atoms with Gasteiger partial charge in [0.15, 0.2) is 0 Å². The predicted octanol–water partition coefficient (Wildman–Crippen LogP) is 13.9. The van der Waals surface area contributed by atoms with E-state index in [1.165, 1.54) is 57.5 Å². The van der Waals surface area contributed by atoms with Gasteiger partial charge in [0.05, 0.1) is 0 Å². The minimum absolute atomic E-state index is 0.00503. The van der Waals surface area contributed by atoms with E-state index in [4.69, 9.17) is 9.72 Å². The van der Waals surface area contributed by atoms with Crippen molar-refractivity contribution in [2.75, 3.05) is 21.4 Å². The topological polar surface area (TPSA) is 31.8 Å². The first kappa shape index (κ1) is 39.7. The van der Waals surface area contributed by atoms with E-state index in [0.29, 0.717) is 6.67 Å². The summed E-state index contributed by atoms with van der Waals surface area (Å²) in [6.45, 7) is 7.38. The van der Waals surface area contributed by atoms with E-state index < -0.39 is 20.9 Å². The van der Waals surface area contributed by atoms with Crippen LogP contribution in [0.1, 0.15) is 26.3 Å². The van der Waals surface area contributed by atoms with Crippen LogP contribution < -0.4 is 26.7 Å². The van der Waals surface area contributed by atoms with Gasteiger partial charge >= 0.3 is 246 Å².